The predicted octanol–water partition coefficient (Wildman–Crippen LogP) is 5.17. The highest BCUT2D eigenvalue weighted by Gasteiger charge is 2.25. The van der Waals surface area contributed by atoms with Crippen molar-refractivity contribution in [3.8, 4) is 5.75 Å². The van der Waals surface area contributed by atoms with Gasteiger partial charge in [-0.1, -0.05) is 46.2 Å². The van der Waals surface area contributed by atoms with Crippen LogP contribution in [0.3, 0.4) is 0 Å². The van der Waals surface area contributed by atoms with Crippen LogP contribution in [0.4, 0.5) is 0 Å². The predicted molar refractivity (Wildman–Crippen MR) is 105 cm³/mol. The molecular formula is C20H36ClNO2. The molecule has 1 atom stereocenters. The Labute approximate surface area is 154 Å². The highest BCUT2D eigenvalue weighted by atomic mass is 35.5. The summed E-state index contributed by atoms with van der Waals surface area (Å²) >= 11 is 0. The van der Waals surface area contributed by atoms with E-state index in [0.717, 1.165) is 5.75 Å². The highest BCUT2D eigenvalue weighted by Crippen LogP contribution is 2.38. The lowest BCUT2D eigenvalue weighted by Crippen LogP contribution is -2.37. The molecule has 1 unspecified atom stereocenters. The van der Waals surface area contributed by atoms with E-state index < -0.39 is 0 Å². The smallest absolute Gasteiger partial charge is 0.119 e. The first-order valence-corrected chi connectivity index (χ1v) is 8.73. The second-order valence-electron chi connectivity index (χ2n) is 8.17. The van der Waals surface area contributed by atoms with Crippen LogP contribution in [0.1, 0.15) is 65.9 Å². The van der Waals surface area contributed by atoms with E-state index in [2.05, 4.69) is 52.0 Å². The molecule has 4 heteroatoms. The third-order valence-electron chi connectivity index (χ3n) is 3.88. The van der Waals surface area contributed by atoms with Crippen LogP contribution in [0.5, 0.6) is 5.75 Å². The van der Waals surface area contributed by atoms with Gasteiger partial charge in [0.05, 0.1) is 13.2 Å². The van der Waals surface area contributed by atoms with Gasteiger partial charge in [0, 0.05) is 5.54 Å². The van der Waals surface area contributed by atoms with Crippen LogP contribution in [0.15, 0.2) is 24.3 Å². The van der Waals surface area contributed by atoms with E-state index in [0.29, 0.717) is 25.7 Å². The van der Waals surface area contributed by atoms with E-state index in [1.807, 2.05) is 13.8 Å². The maximum absolute atomic E-state index is 5.87. The van der Waals surface area contributed by atoms with Crippen molar-refractivity contribution in [3.63, 3.8) is 0 Å². The summed E-state index contributed by atoms with van der Waals surface area (Å²) in [5, 5.41) is 0. The number of nitrogens with two attached hydrogens (primary N) is 1. The van der Waals surface area contributed by atoms with Crippen molar-refractivity contribution in [3.05, 3.63) is 29.8 Å². The van der Waals surface area contributed by atoms with Gasteiger partial charge in [-0.25, -0.2) is 0 Å². The zero-order valence-corrected chi connectivity index (χ0v) is 17.0. The second-order valence-corrected chi connectivity index (χ2v) is 8.17. The highest BCUT2D eigenvalue weighted by molar-refractivity contribution is 5.85. The fraction of sp³-hybridized carbons (Fsp3) is 0.700. The largest absolute Gasteiger partial charge is 0.491 e. The Morgan fingerprint density at radius 2 is 1.58 bits per heavy atom. The minimum atomic E-state index is -0.289. The molecule has 0 heterocycles. The molecule has 0 aromatic heterocycles. The molecule has 0 aliphatic rings. The number of rotatable bonds is 9. The first-order valence-electron chi connectivity index (χ1n) is 8.73. The summed E-state index contributed by atoms with van der Waals surface area (Å²) in [6, 6.07) is 8.53. The molecule has 1 aromatic rings. The van der Waals surface area contributed by atoms with Crippen molar-refractivity contribution in [1.82, 2.24) is 0 Å². The number of ether oxygens (including phenoxy) is 2. The zero-order valence-electron chi connectivity index (χ0n) is 16.2. The minimum absolute atomic E-state index is 0. The van der Waals surface area contributed by atoms with Gasteiger partial charge in [-0.15, -0.1) is 12.4 Å². The van der Waals surface area contributed by atoms with Gasteiger partial charge in [-0.3, -0.25) is 0 Å². The summed E-state index contributed by atoms with van der Waals surface area (Å²) in [5.41, 5.74) is 7.25. The average Bonchev–Trinajstić information content (AvgIpc) is 2.43. The molecule has 0 radical (unpaired) electrons. The van der Waals surface area contributed by atoms with Gasteiger partial charge in [-0.2, -0.15) is 0 Å². The van der Waals surface area contributed by atoms with Crippen LogP contribution in [-0.4, -0.2) is 25.4 Å². The minimum Gasteiger partial charge on any atom is -0.491 e. The lowest BCUT2D eigenvalue weighted by Gasteiger charge is -2.31. The van der Waals surface area contributed by atoms with Gasteiger partial charge < -0.3 is 15.2 Å². The topological polar surface area (TPSA) is 44.5 Å². The lowest BCUT2D eigenvalue weighted by molar-refractivity contribution is 0.0724. The zero-order chi connectivity index (χ0) is 17.5. The Balaban J connectivity index is 0.00000529. The van der Waals surface area contributed by atoms with Gasteiger partial charge in [0.2, 0.25) is 0 Å². The van der Waals surface area contributed by atoms with E-state index in [4.69, 9.17) is 15.2 Å². The number of halogens is 1. The van der Waals surface area contributed by atoms with Crippen LogP contribution in [-0.2, 0) is 4.74 Å². The maximum Gasteiger partial charge on any atom is 0.119 e. The summed E-state index contributed by atoms with van der Waals surface area (Å²) in [4.78, 5) is 0. The van der Waals surface area contributed by atoms with Crippen molar-refractivity contribution in [2.24, 2.45) is 11.1 Å². The summed E-state index contributed by atoms with van der Waals surface area (Å²) in [6.45, 7) is 14.7. The molecule has 1 aromatic carbocycles. The molecule has 0 spiro atoms. The monoisotopic (exact) mass is 357 g/mol. The van der Waals surface area contributed by atoms with E-state index in [1.54, 1.807) is 0 Å². The first kappa shape index (κ1) is 23.2. The van der Waals surface area contributed by atoms with Gasteiger partial charge in [0.25, 0.3) is 0 Å². The van der Waals surface area contributed by atoms with E-state index >= 15 is 0 Å². The van der Waals surface area contributed by atoms with Crippen LogP contribution in [0.2, 0.25) is 0 Å². The van der Waals surface area contributed by atoms with Gasteiger partial charge >= 0.3 is 0 Å². The molecule has 0 saturated heterocycles. The molecule has 3 nitrogen and oxygen atoms in total. The SMILES string of the molecule is CCCC(c1ccc(OCCOCC(C)(C)N)cc1)C(C)(C)C.Cl. The lowest BCUT2D eigenvalue weighted by atomic mass is 9.74. The molecule has 24 heavy (non-hydrogen) atoms. The summed E-state index contributed by atoms with van der Waals surface area (Å²) in [7, 11) is 0. The van der Waals surface area contributed by atoms with Crippen LogP contribution in [0.25, 0.3) is 0 Å². The number of benzene rings is 1. The molecule has 0 bridgehead atoms. The molecule has 0 fully saturated rings. The molecule has 140 valence electrons. The second kappa shape index (κ2) is 10.3. The molecule has 2 N–H and O–H groups in total. The normalized spacial score (nSPS) is 13.3. The molecule has 0 amide bonds. The Bertz CT molecular complexity index is 446. The van der Waals surface area contributed by atoms with E-state index in [9.17, 15) is 0 Å². The Kier molecular flexibility index (Phi) is 9.94. The summed E-state index contributed by atoms with van der Waals surface area (Å²) < 4.78 is 11.2. The van der Waals surface area contributed by atoms with Crippen LogP contribution < -0.4 is 10.5 Å². The van der Waals surface area contributed by atoms with Gasteiger partial charge in [0.1, 0.15) is 12.4 Å². The average molecular weight is 358 g/mol. The van der Waals surface area contributed by atoms with Crippen LogP contribution in [0, 0.1) is 5.41 Å². The van der Waals surface area contributed by atoms with Crippen molar-refractivity contribution in [2.45, 2.75) is 65.8 Å². The fourth-order valence-corrected chi connectivity index (χ4v) is 2.74. The van der Waals surface area contributed by atoms with E-state index in [-0.39, 0.29) is 23.4 Å². The third-order valence-corrected chi connectivity index (χ3v) is 3.88. The fourth-order valence-electron chi connectivity index (χ4n) is 2.74. The molecular weight excluding hydrogens is 322 g/mol. The Hall–Kier alpha value is -0.770. The number of hydrogen-bond acceptors (Lipinski definition) is 3. The van der Waals surface area contributed by atoms with Gasteiger partial charge in [-0.05, 0) is 49.3 Å². The summed E-state index contributed by atoms with van der Waals surface area (Å²) in [5.74, 6) is 1.48. The standard InChI is InChI=1S/C20H35NO2.ClH/c1-7-8-18(19(2,3)4)16-9-11-17(12-10-16)23-14-13-22-15-20(5,6)21;/h9-12,18H,7-8,13-15,21H2,1-6H3;1H. The van der Waals surface area contributed by atoms with Gasteiger partial charge in [0.15, 0.2) is 0 Å². The molecule has 1 rings (SSSR count). The quantitative estimate of drug-likeness (QED) is 0.620. The van der Waals surface area contributed by atoms with Crippen LogP contribution >= 0.6 is 12.4 Å². The molecule has 0 aliphatic carbocycles. The third kappa shape index (κ3) is 8.91. The first-order chi connectivity index (χ1) is 10.6. The summed E-state index contributed by atoms with van der Waals surface area (Å²) in [6.07, 6.45) is 2.42. The number of hydrogen-bond donors (Lipinski definition) is 1. The van der Waals surface area contributed by atoms with Crippen molar-refractivity contribution in [1.29, 1.82) is 0 Å². The van der Waals surface area contributed by atoms with Crippen molar-refractivity contribution >= 4 is 12.4 Å². The van der Waals surface area contributed by atoms with E-state index in [1.165, 1.54) is 18.4 Å². The molecule has 0 saturated carbocycles. The van der Waals surface area contributed by atoms with Crippen molar-refractivity contribution < 1.29 is 9.47 Å². The Morgan fingerprint density at radius 1 is 1.00 bits per heavy atom. The Morgan fingerprint density at radius 3 is 2.04 bits per heavy atom. The molecule has 0 aliphatic heterocycles. The van der Waals surface area contributed by atoms with Crippen molar-refractivity contribution in [2.75, 3.05) is 19.8 Å². The maximum atomic E-state index is 5.87.